The normalized spacial score (nSPS) is 13.5. The minimum absolute atomic E-state index is 0.130. The number of halogens is 1. The van der Waals surface area contributed by atoms with Crippen molar-refractivity contribution in [2.24, 2.45) is 0 Å². The van der Waals surface area contributed by atoms with E-state index in [0.29, 0.717) is 25.3 Å². The van der Waals surface area contributed by atoms with E-state index in [9.17, 15) is 9.90 Å². The highest BCUT2D eigenvalue weighted by Crippen LogP contribution is 2.26. The lowest BCUT2D eigenvalue weighted by Gasteiger charge is -2.27. The number of nitrogens with zero attached hydrogens (tertiary/aromatic N) is 3. The van der Waals surface area contributed by atoms with Crippen molar-refractivity contribution in [3.05, 3.63) is 46.4 Å². The number of hydrogen-bond donors (Lipinski definition) is 3. The highest BCUT2D eigenvalue weighted by atomic mass is 35.5. The third-order valence-electron chi connectivity index (χ3n) is 3.67. The minimum atomic E-state index is -0.968. The van der Waals surface area contributed by atoms with Gasteiger partial charge in [0.15, 0.2) is 0 Å². The van der Waals surface area contributed by atoms with Gasteiger partial charge in [0.2, 0.25) is 5.28 Å². The predicted molar refractivity (Wildman–Crippen MR) is 84.6 cm³/mol. The van der Waals surface area contributed by atoms with Crippen LogP contribution in [0, 0.1) is 0 Å². The molecule has 0 aliphatic carbocycles. The molecular weight excluding hydrogens is 320 g/mol. The van der Waals surface area contributed by atoms with Crippen molar-refractivity contribution in [3.8, 4) is 5.75 Å². The molecule has 23 heavy (non-hydrogen) atoms. The van der Waals surface area contributed by atoms with Gasteiger partial charge in [0, 0.05) is 25.1 Å². The topological polar surface area (TPSA) is 98.6 Å². The maximum atomic E-state index is 11.2. The summed E-state index contributed by atoms with van der Waals surface area (Å²) in [6, 6.07) is 6.86. The molecule has 1 aliphatic heterocycles. The van der Waals surface area contributed by atoms with Gasteiger partial charge in [-0.15, -0.1) is 0 Å². The number of amides is 1. The molecule has 1 aliphatic rings. The average molecular weight is 335 g/mol. The van der Waals surface area contributed by atoms with E-state index in [2.05, 4.69) is 15.3 Å². The van der Waals surface area contributed by atoms with Crippen molar-refractivity contribution in [3.63, 3.8) is 0 Å². The van der Waals surface area contributed by atoms with Crippen LogP contribution in [0.5, 0.6) is 5.75 Å². The second-order valence-electron chi connectivity index (χ2n) is 5.24. The maximum absolute atomic E-state index is 11.2. The van der Waals surface area contributed by atoms with Crippen LogP contribution in [-0.2, 0) is 19.5 Å². The summed E-state index contributed by atoms with van der Waals surface area (Å²) >= 11 is 5.96. The Morgan fingerprint density at radius 2 is 2.22 bits per heavy atom. The molecule has 0 unspecified atom stereocenters. The van der Waals surface area contributed by atoms with Gasteiger partial charge in [-0.2, -0.15) is 0 Å². The van der Waals surface area contributed by atoms with Crippen LogP contribution < -0.4 is 5.32 Å². The first-order valence-corrected chi connectivity index (χ1v) is 7.45. The fraction of sp³-hybridized carbons (Fsp3) is 0.267. The summed E-state index contributed by atoms with van der Waals surface area (Å²) in [5.74, 6) is 0.707. The molecule has 0 fully saturated rings. The second kappa shape index (κ2) is 6.29. The van der Waals surface area contributed by atoms with Crippen LogP contribution in [0.3, 0.4) is 0 Å². The van der Waals surface area contributed by atoms with Gasteiger partial charge in [0.1, 0.15) is 11.6 Å². The number of carboxylic acid groups (broad SMARTS) is 1. The van der Waals surface area contributed by atoms with Gasteiger partial charge in [-0.25, -0.2) is 14.8 Å². The van der Waals surface area contributed by atoms with E-state index in [-0.39, 0.29) is 17.6 Å². The molecule has 1 amide bonds. The second-order valence-corrected chi connectivity index (χ2v) is 5.58. The lowest BCUT2D eigenvalue weighted by atomic mass is 10.1. The maximum Gasteiger partial charge on any atom is 0.407 e. The molecule has 3 rings (SSSR count). The monoisotopic (exact) mass is 334 g/mol. The van der Waals surface area contributed by atoms with Crippen molar-refractivity contribution in [2.45, 2.75) is 19.5 Å². The third-order valence-corrected chi connectivity index (χ3v) is 3.84. The molecule has 120 valence electrons. The molecule has 2 heterocycles. The van der Waals surface area contributed by atoms with Crippen LogP contribution in [0.15, 0.2) is 24.3 Å². The van der Waals surface area contributed by atoms with E-state index in [1.54, 1.807) is 18.2 Å². The number of anilines is 1. The van der Waals surface area contributed by atoms with Crippen LogP contribution in [0.25, 0.3) is 0 Å². The number of nitrogens with one attached hydrogen (secondary N) is 1. The summed E-state index contributed by atoms with van der Waals surface area (Å²) in [5, 5.41) is 21.9. The smallest absolute Gasteiger partial charge is 0.407 e. The fourth-order valence-corrected chi connectivity index (χ4v) is 2.73. The van der Waals surface area contributed by atoms with E-state index in [4.69, 9.17) is 16.7 Å². The molecule has 0 saturated carbocycles. The number of carbonyl (C=O) groups is 1. The molecule has 1 aromatic carbocycles. The summed E-state index contributed by atoms with van der Waals surface area (Å²) in [6.45, 7) is 1.05. The Kier molecular flexibility index (Phi) is 4.20. The van der Waals surface area contributed by atoms with E-state index >= 15 is 0 Å². The SMILES string of the molecule is O=C(O)N1CCc2nc(Cl)nc(NCc3cccc(O)c3)c2C1. The molecule has 0 atom stereocenters. The number of phenolic OH excluding ortho intramolecular Hbond substituents is 1. The lowest BCUT2D eigenvalue weighted by Crippen LogP contribution is -2.36. The summed E-state index contributed by atoms with van der Waals surface area (Å²) < 4.78 is 0. The highest BCUT2D eigenvalue weighted by Gasteiger charge is 2.24. The molecule has 8 heteroatoms. The number of fused-ring (bicyclic) bond motifs is 1. The summed E-state index contributed by atoms with van der Waals surface area (Å²) in [6.07, 6.45) is -0.463. The number of rotatable bonds is 3. The highest BCUT2D eigenvalue weighted by molar-refractivity contribution is 6.28. The van der Waals surface area contributed by atoms with Crippen molar-refractivity contribution < 1.29 is 15.0 Å². The average Bonchev–Trinajstić information content (AvgIpc) is 2.52. The van der Waals surface area contributed by atoms with Crippen molar-refractivity contribution in [1.29, 1.82) is 0 Å². The zero-order valence-electron chi connectivity index (χ0n) is 12.2. The number of benzene rings is 1. The molecule has 1 aromatic heterocycles. The van der Waals surface area contributed by atoms with E-state index in [1.807, 2.05) is 6.07 Å². The molecule has 0 bridgehead atoms. The lowest BCUT2D eigenvalue weighted by molar-refractivity contribution is 0.139. The first-order valence-electron chi connectivity index (χ1n) is 7.08. The number of aromatic hydroxyl groups is 1. The van der Waals surface area contributed by atoms with Crippen LogP contribution in [0.1, 0.15) is 16.8 Å². The van der Waals surface area contributed by atoms with Gasteiger partial charge in [0.05, 0.1) is 12.2 Å². The van der Waals surface area contributed by atoms with E-state index in [0.717, 1.165) is 16.8 Å². The first kappa shape index (κ1) is 15.4. The zero-order valence-corrected chi connectivity index (χ0v) is 12.9. The van der Waals surface area contributed by atoms with Crippen LogP contribution >= 0.6 is 11.6 Å². The molecule has 0 saturated heterocycles. The Labute approximate surface area is 137 Å². The van der Waals surface area contributed by atoms with Crippen molar-refractivity contribution in [1.82, 2.24) is 14.9 Å². The van der Waals surface area contributed by atoms with Crippen LogP contribution in [0.2, 0.25) is 5.28 Å². The zero-order chi connectivity index (χ0) is 16.4. The summed E-state index contributed by atoms with van der Waals surface area (Å²) in [4.78, 5) is 20.9. The Morgan fingerprint density at radius 1 is 1.39 bits per heavy atom. The van der Waals surface area contributed by atoms with E-state index < -0.39 is 6.09 Å². The molecular formula is C15H15ClN4O3. The minimum Gasteiger partial charge on any atom is -0.508 e. The molecule has 0 radical (unpaired) electrons. The third kappa shape index (κ3) is 3.45. The van der Waals surface area contributed by atoms with Gasteiger partial charge in [-0.05, 0) is 29.3 Å². The molecule has 2 aromatic rings. The first-order chi connectivity index (χ1) is 11.0. The van der Waals surface area contributed by atoms with Gasteiger partial charge in [0.25, 0.3) is 0 Å². The van der Waals surface area contributed by atoms with Gasteiger partial charge in [-0.1, -0.05) is 12.1 Å². The van der Waals surface area contributed by atoms with Crippen LogP contribution in [0.4, 0.5) is 10.6 Å². The predicted octanol–water partition coefficient (Wildman–Crippen LogP) is 2.48. The van der Waals surface area contributed by atoms with Gasteiger partial charge < -0.3 is 20.4 Å². The molecule has 3 N–H and O–H groups in total. The van der Waals surface area contributed by atoms with Crippen LogP contribution in [-0.4, -0.2) is 37.7 Å². The van der Waals surface area contributed by atoms with Gasteiger partial charge >= 0.3 is 6.09 Å². The number of hydrogen-bond acceptors (Lipinski definition) is 5. The Hall–Kier alpha value is -2.54. The molecule has 0 spiro atoms. The summed E-state index contributed by atoms with van der Waals surface area (Å²) in [7, 11) is 0. The Bertz CT molecular complexity index is 753. The standard InChI is InChI=1S/C15H15ClN4O3/c16-14-18-12-4-5-20(15(22)23)8-11(12)13(19-14)17-7-9-2-1-3-10(21)6-9/h1-3,6,21H,4-5,7-8H2,(H,22,23)(H,17,18,19). The fourth-order valence-electron chi connectivity index (χ4n) is 2.55. The van der Waals surface area contributed by atoms with E-state index in [1.165, 1.54) is 4.90 Å². The quantitative estimate of drug-likeness (QED) is 0.746. The number of phenols is 1. The molecule has 7 nitrogen and oxygen atoms in total. The summed E-state index contributed by atoms with van der Waals surface area (Å²) in [5.41, 5.74) is 2.38. The van der Waals surface area contributed by atoms with Crippen molar-refractivity contribution in [2.75, 3.05) is 11.9 Å². The van der Waals surface area contributed by atoms with Gasteiger partial charge in [-0.3, -0.25) is 0 Å². The largest absolute Gasteiger partial charge is 0.508 e. The Morgan fingerprint density at radius 3 is 2.96 bits per heavy atom. The Balaban J connectivity index is 1.84. The number of aromatic nitrogens is 2. The van der Waals surface area contributed by atoms with Crippen molar-refractivity contribution >= 4 is 23.5 Å².